The third kappa shape index (κ3) is 4.70. The van der Waals surface area contributed by atoms with Crippen LogP contribution in [0.3, 0.4) is 0 Å². The first-order valence-corrected chi connectivity index (χ1v) is 9.52. The second kappa shape index (κ2) is 8.63. The monoisotopic (exact) mass is 366 g/mol. The fraction of sp³-hybridized carbons (Fsp3) is 0.238. The predicted octanol–water partition coefficient (Wildman–Crippen LogP) is 5.09. The molecule has 0 fully saturated rings. The van der Waals surface area contributed by atoms with Crippen molar-refractivity contribution in [2.24, 2.45) is 0 Å². The summed E-state index contributed by atoms with van der Waals surface area (Å²) in [6.45, 7) is 4.12. The lowest BCUT2D eigenvalue weighted by Crippen LogP contribution is -2.20. The molecule has 5 heteroatoms. The van der Waals surface area contributed by atoms with Gasteiger partial charge in [0.1, 0.15) is 5.75 Å². The van der Waals surface area contributed by atoms with Gasteiger partial charge in [-0.25, -0.2) is 4.98 Å². The van der Waals surface area contributed by atoms with Crippen LogP contribution in [0.15, 0.2) is 54.6 Å². The van der Waals surface area contributed by atoms with Crippen LogP contribution in [0.5, 0.6) is 5.75 Å². The highest BCUT2D eigenvalue weighted by atomic mass is 32.1. The molecule has 26 heavy (non-hydrogen) atoms. The standard InChI is InChI=1S/C21H22N2O2S/c1-3-7-16-10-12-18(13-11-16)25-14-19(24)22-21-23-20(15(2)26-21)17-8-5-4-6-9-17/h4-6,8-13H,3,7,14H2,1-2H3,(H,22,23,24). The van der Waals surface area contributed by atoms with Crippen molar-refractivity contribution in [2.75, 3.05) is 11.9 Å². The lowest BCUT2D eigenvalue weighted by molar-refractivity contribution is -0.118. The number of hydrogen-bond acceptors (Lipinski definition) is 4. The number of hydrogen-bond donors (Lipinski definition) is 1. The number of nitrogens with zero attached hydrogens (tertiary/aromatic N) is 1. The number of carbonyl (C=O) groups is 1. The third-order valence-electron chi connectivity index (χ3n) is 3.92. The molecule has 1 aromatic heterocycles. The molecular formula is C21H22N2O2S. The van der Waals surface area contributed by atoms with Gasteiger partial charge in [0.25, 0.3) is 5.91 Å². The zero-order chi connectivity index (χ0) is 18.4. The second-order valence-corrected chi connectivity index (χ2v) is 7.22. The minimum Gasteiger partial charge on any atom is -0.484 e. The summed E-state index contributed by atoms with van der Waals surface area (Å²) in [5, 5.41) is 3.41. The molecule has 0 aliphatic carbocycles. The first-order valence-electron chi connectivity index (χ1n) is 8.70. The van der Waals surface area contributed by atoms with E-state index in [0.717, 1.165) is 29.0 Å². The van der Waals surface area contributed by atoms with Gasteiger partial charge in [-0.1, -0.05) is 55.8 Å². The summed E-state index contributed by atoms with van der Waals surface area (Å²) < 4.78 is 5.56. The highest BCUT2D eigenvalue weighted by Crippen LogP contribution is 2.30. The number of aromatic nitrogens is 1. The van der Waals surface area contributed by atoms with E-state index in [2.05, 4.69) is 17.2 Å². The highest BCUT2D eigenvalue weighted by Gasteiger charge is 2.12. The van der Waals surface area contributed by atoms with Gasteiger partial charge in [-0.2, -0.15) is 0 Å². The van der Waals surface area contributed by atoms with Crippen LogP contribution in [0.25, 0.3) is 11.3 Å². The van der Waals surface area contributed by atoms with Gasteiger partial charge in [-0.3, -0.25) is 10.1 Å². The van der Waals surface area contributed by atoms with Crippen LogP contribution >= 0.6 is 11.3 Å². The third-order valence-corrected chi connectivity index (χ3v) is 4.81. The van der Waals surface area contributed by atoms with E-state index in [0.29, 0.717) is 10.9 Å². The number of nitrogens with one attached hydrogen (secondary N) is 1. The summed E-state index contributed by atoms with van der Waals surface area (Å²) >= 11 is 1.47. The fourth-order valence-electron chi connectivity index (χ4n) is 2.66. The van der Waals surface area contributed by atoms with Gasteiger partial charge < -0.3 is 4.74 Å². The zero-order valence-corrected chi connectivity index (χ0v) is 15.8. The van der Waals surface area contributed by atoms with Gasteiger partial charge in [-0.05, 0) is 31.0 Å². The minimum absolute atomic E-state index is 0.0353. The lowest BCUT2D eigenvalue weighted by atomic mass is 10.1. The second-order valence-electron chi connectivity index (χ2n) is 6.02. The summed E-state index contributed by atoms with van der Waals surface area (Å²) in [5.74, 6) is 0.483. The fourth-order valence-corrected chi connectivity index (χ4v) is 3.51. The number of anilines is 1. The molecule has 4 nitrogen and oxygen atoms in total. The smallest absolute Gasteiger partial charge is 0.264 e. The number of thiazole rings is 1. The van der Waals surface area contributed by atoms with Crippen molar-refractivity contribution in [3.8, 4) is 17.0 Å². The van der Waals surface area contributed by atoms with Gasteiger partial charge in [-0.15, -0.1) is 11.3 Å². The highest BCUT2D eigenvalue weighted by molar-refractivity contribution is 7.16. The Kier molecular flexibility index (Phi) is 6.02. The molecule has 0 aliphatic heterocycles. The maximum atomic E-state index is 12.1. The quantitative estimate of drug-likeness (QED) is 0.634. The number of ether oxygens (including phenoxy) is 1. The van der Waals surface area contributed by atoms with Crippen molar-refractivity contribution in [1.29, 1.82) is 0 Å². The summed E-state index contributed by atoms with van der Waals surface area (Å²) in [5.41, 5.74) is 3.22. The summed E-state index contributed by atoms with van der Waals surface area (Å²) in [6, 6.07) is 17.8. The maximum absolute atomic E-state index is 12.1. The zero-order valence-electron chi connectivity index (χ0n) is 15.0. The van der Waals surface area contributed by atoms with Crippen LogP contribution in [0.2, 0.25) is 0 Å². The number of benzene rings is 2. The molecule has 3 aromatic rings. The molecule has 0 saturated carbocycles. The Labute approximate surface area is 157 Å². The number of amides is 1. The van der Waals surface area contributed by atoms with E-state index in [1.54, 1.807) is 0 Å². The Balaban J connectivity index is 1.57. The van der Waals surface area contributed by atoms with E-state index in [-0.39, 0.29) is 12.5 Å². The molecule has 1 amide bonds. The molecule has 2 aromatic carbocycles. The number of aryl methyl sites for hydroxylation is 2. The molecule has 0 spiro atoms. The van der Waals surface area contributed by atoms with Crippen molar-refractivity contribution < 1.29 is 9.53 Å². The van der Waals surface area contributed by atoms with Crippen LogP contribution in [0.4, 0.5) is 5.13 Å². The Morgan fingerprint density at radius 1 is 1.12 bits per heavy atom. The first-order chi connectivity index (χ1) is 12.7. The lowest BCUT2D eigenvalue weighted by Gasteiger charge is -2.06. The minimum atomic E-state index is -0.212. The van der Waals surface area contributed by atoms with Crippen molar-refractivity contribution in [1.82, 2.24) is 4.98 Å². The average Bonchev–Trinajstić information content (AvgIpc) is 3.02. The van der Waals surface area contributed by atoms with E-state index < -0.39 is 0 Å². The van der Waals surface area contributed by atoms with Gasteiger partial charge in [0.15, 0.2) is 11.7 Å². The van der Waals surface area contributed by atoms with Crippen LogP contribution in [-0.2, 0) is 11.2 Å². The molecule has 0 radical (unpaired) electrons. The molecule has 134 valence electrons. The molecule has 3 rings (SSSR count). The van der Waals surface area contributed by atoms with Gasteiger partial charge in [0.05, 0.1) is 5.69 Å². The molecule has 0 atom stereocenters. The molecular weight excluding hydrogens is 344 g/mol. The van der Waals surface area contributed by atoms with E-state index >= 15 is 0 Å². The Morgan fingerprint density at radius 2 is 1.85 bits per heavy atom. The summed E-state index contributed by atoms with van der Waals surface area (Å²) in [4.78, 5) is 17.7. The normalized spacial score (nSPS) is 10.5. The van der Waals surface area contributed by atoms with Crippen LogP contribution < -0.4 is 10.1 Å². The Morgan fingerprint density at radius 3 is 2.54 bits per heavy atom. The van der Waals surface area contributed by atoms with Crippen LogP contribution in [0.1, 0.15) is 23.8 Å². The topological polar surface area (TPSA) is 51.2 Å². The molecule has 1 heterocycles. The maximum Gasteiger partial charge on any atom is 0.264 e. The predicted molar refractivity (Wildman–Crippen MR) is 107 cm³/mol. The van der Waals surface area contributed by atoms with Gasteiger partial charge >= 0.3 is 0 Å². The molecule has 0 aliphatic rings. The summed E-state index contributed by atoms with van der Waals surface area (Å²) in [7, 11) is 0. The average molecular weight is 366 g/mol. The van der Waals surface area contributed by atoms with Crippen molar-refractivity contribution >= 4 is 22.4 Å². The van der Waals surface area contributed by atoms with Gasteiger partial charge in [0.2, 0.25) is 0 Å². The SMILES string of the molecule is CCCc1ccc(OCC(=O)Nc2nc(-c3ccccc3)c(C)s2)cc1. The molecule has 0 unspecified atom stereocenters. The molecule has 0 saturated heterocycles. The molecule has 1 N–H and O–H groups in total. The van der Waals surface area contributed by atoms with Crippen molar-refractivity contribution in [3.05, 3.63) is 65.0 Å². The van der Waals surface area contributed by atoms with Gasteiger partial charge in [0, 0.05) is 10.4 Å². The Bertz CT molecular complexity index is 857. The van der Waals surface area contributed by atoms with E-state index in [1.807, 2.05) is 61.5 Å². The largest absolute Gasteiger partial charge is 0.484 e. The van der Waals surface area contributed by atoms with E-state index in [1.165, 1.54) is 16.9 Å². The van der Waals surface area contributed by atoms with Crippen LogP contribution in [-0.4, -0.2) is 17.5 Å². The van der Waals surface area contributed by atoms with E-state index in [4.69, 9.17) is 4.74 Å². The molecule has 0 bridgehead atoms. The Hall–Kier alpha value is -2.66. The first kappa shape index (κ1) is 18.1. The van der Waals surface area contributed by atoms with Crippen LogP contribution in [0, 0.1) is 6.92 Å². The number of carbonyl (C=O) groups excluding carboxylic acids is 1. The number of rotatable bonds is 7. The summed E-state index contributed by atoms with van der Waals surface area (Å²) in [6.07, 6.45) is 2.16. The van der Waals surface area contributed by atoms with Crippen molar-refractivity contribution in [2.45, 2.75) is 26.7 Å². The van der Waals surface area contributed by atoms with E-state index in [9.17, 15) is 4.79 Å². The van der Waals surface area contributed by atoms with Crippen molar-refractivity contribution in [3.63, 3.8) is 0 Å².